The van der Waals surface area contributed by atoms with Gasteiger partial charge in [-0.3, -0.25) is 4.79 Å². The van der Waals surface area contributed by atoms with Crippen molar-refractivity contribution in [3.8, 4) is 0 Å². The topological polar surface area (TPSA) is 44.8 Å². The molecule has 0 aliphatic carbocycles. The second kappa shape index (κ2) is 8.88. The second-order valence-corrected chi connectivity index (χ2v) is 5.48. The molecule has 0 aromatic heterocycles. The van der Waals surface area contributed by atoms with Gasteiger partial charge in [0.2, 0.25) is 0 Å². The van der Waals surface area contributed by atoms with Crippen LogP contribution in [0, 0.1) is 0 Å². The Hall–Kier alpha value is -0.130. The lowest BCUT2D eigenvalue weighted by Crippen LogP contribution is -2.34. The maximum Gasteiger partial charge on any atom is 0.323 e. The molecule has 0 unspecified atom stereocenters. The van der Waals surface area contributed by atoms with Crippen molar-refractivity contribution in [2.45, 2.75) is 56.6 Å². The van der Waals surface area contributed by atoms with Gasteiger partial charge in [0.05, 0.1) is 6.61 Å². The Bertz CT molecular complexity index is 247. The van der Waals surface area contributed by atoms with Crippen LogP contribution in [0.25, 0.3) is 0 Å². The Kier molecular flexibility index (Phi) is 7.86. The fourth-order valence-corrected chi connectivity index (χ4v) is 2.34. The number of halogens is 1. The van der Waals surface area contributed by atoms with Gasteiger partial charge in [-0.05, 0) is 12.8 Å². The van der Waals surface area contributed by atoms with Crippen LogP contribution in [0.1, 0.15) is 39.5 Å². The largest absolute Gasteiger partial charge is 0.456 e. The number of unbranched alkanes of at least 4 members (excludes halogenated alkanes) is 2. The monoisotopic (exact) mass is 322 g/mol. The molecule has 106 valence electrons. The number of alkyl halides is 1. The van der Waals surface area contributed by atoms with Crippen LogP contribution in [0.4, 0.5) is 0 Å². The zero-order chi connectivity index (χ0) is 13.4. The standard InChI is InChI=1S/C13H23BrO4/c1-3-5-7-16-9-10-12(17-8-6-4-2)11(14)13(15)18-10/h10-12H,3-9H2,1-2H3/t10-,11+,12+/m1/s1. The molecular formula is C13H23BrO4. The Labute approximate surface area is 117 Å². The van der Waals surface area contributed by atoms with Crippen molar-refractivity contribution in [1.82, 2.24) is 0 Å². The van der Waals surface area contributed by atoms with Gasteiger partial charge < -0.3 is 14.2 Å². The van der Waals surface area contributed by atoms with Gasteiger partial charge >= 0.3 is 5.97 Å². The summed E-state index contributed by atoms with van der Waals surface area (Å²) in [6.07, 6.45) is 3.68. The number of cyclic esters (lactones) is 1. The normalized spacial score (nSPS) is 27.5. The summed E-state index contributed by atoms with van der Waals surface area (Å²) in [6.45, 7) is 6.01. The Morgan fingerprint density at radius 1 is 1.22 bits per heavy atom. The highest BCUT2D eigenvalue weighted by molar-refractivity contribution is 9.10. The lowest BCUT2D eigenvalue weighted by molar-refractivity contribution is -0.144. The molecule has 0 radical (unpaired) electrons. The Morgan fingerprint density at radius 2 is 1.89 bits per heavy atom. The van der Waals surface area contributed by atoms with Gasteiger partial charge in [0.1, 0.15) is 10.9 Å². The molecule has 1 heterocycles. The fraction of sp³-hybridized carbons (Fsp3) is 0.923. The molecule has 4 nitrogen and oxygen atoms in total. The first kappa shape index (κ1) is 15.9. The number of ether oxygens (including phenoxy) is 3. The Balaban J connectivity index is 2.35. The summed E-state index contributed by atoms with van der Waals surface area (Å²) < 4.78 is 16.5. The first-order valence-corrected chi connectivity index (χ1v) is 7.66. The molecule has 3 atom stereocenters. The third-order valence-corrected chi connectivity index (χ3v) is 3.77. The average molecular weight is 323 g/mol. The lowest BCUT2D eigenvalue weighted by Gasteiger charge is -2.19. The lowest BCUT2D eigenvalue weighted by atomic mass is 10.2. The summed E-state index contributed by atoms with van der Waals surface area (Å²) in [7, 11) is 0. The zero-order valence-corrected chi connectivity index (χ0v) is 12.8. The molecule has 0 bridgehead atoms. The minimum absolute atomic E-state index is 0.231. The van der Waals surface area contributed by atoms with Crippen molar-refractivity contribution in [2.24, 2.45) is 0 Å². The van der Waals surface area contributed by atoms with Crippen LogP contribution in [0.3, 0.4) is 0 Å². The van der Waals surface area contributed by atoms with Crippen molar-refractivity contribution in [2.75, 3.05) is 19.8 Å². The molecule has 0 aromatic rings. The number of hydrogen-bond acceptors (Lipinski definition) is 4. The molecule has 18 heavy (non-hydrogen) atoms. The summed E-state index contributed by atoms with van der Waals surface area (Å²) in [4.78, 5) is 11.1. The summed E-state index contributed by atoms with van der Waals surface area (Å²) >= 11 is 3.33. The van der Waals surface area contributed by atoms with Crippen molar-refractivity contribution >= 4 is 21.9 Å². The minimum Gasteiger partial charge on any atom is -0.456 e. The summed E-state index contributed by atoms with van der Waals surface area (Å²) in [5.41, 5.74) is 0. The van der Waals surface area contributed by atoms with Crippen LogP contribution < -0.4 is 0 Å². The van der Waals surface area contributed by atoms with Crippen LogP contribution in [-0.2, 0) is 19.0 Å². The van der Waals surface area contributed by atoms with Gasteiger partial charge in [-0.25, -0.2) is 0 Å². The van der Waals surface area contributed by atoms with E-state index in [2.05, 4.69) is 29.8 Å². The smallest absolute Gasteiger partial charge is 0.323 e. The molecule has 0 N–H and O–H groups in total. The molecule has 1 rings (SSSR count). The van der Waals surface area contributed by atoms with E-state index < -0.39 is 0 Å². The van der Waals surface area contributed by atoms with Crippen LogP contribution in [0.5, 0.6) is 0 Å². The van der Waals surface area contributed by atoms with E-state index in [-0.39, 0.29) is 23.0 Å². The SMILES string of the molecule is CCCCOC[C@H]1OC(=O)[C@@H](Br)[C@H]1OCCCC. The molecule has 5 heteroatoms. The quantitative estimate of drug-likeness (QED) is 0.372. The van der Waals surface area contributed by atoms with E-state index in [1.54, 1.807) is 0 Å². The Morgan fingerprint density at radius 3 is 2.56 bits per heavy atom. The van der Waals surface area contributed by atoms with E-state index in [1.807, 2.05) is 0 Å². The molecule has 1 aliphatic rings. The molecule has 0 aromatic carbocycles. The highest BCUT2D eigenvalue weighted by atomic mass is 79.9. The highest BCUT2D eigenvalue weighted by Gasteiger charge is 2.44. The zero-order valence-electron chi connectivity index (χ0n) is 11.2. The van der Waals surface area contributed by atoms with E-state index in [0.29, 0.717) is 19.8 Å². The van der Waals surface area contributed by atoms with E-state index in [9.17, 15) is 4.79 Å². The van der Waals surface area contributed by atoms with Crippen molar-refractivity contribution in [3.05, 3.63) is 0 Å². The van der Waals surface area contributed by atoms with Crippen molar-refractivity contribution in [3.63, 3.8) is 0 Å². The number of esters is 1. The second-order valence-electron chi connectivity index (χ2n) is 4.49. The minimum atomic E-state index is -0.367. The number of carbonyl (C=O) groups is 1. The molecular weight excluding hydrogens is 300 g/mol. The third-order valence-electron chi connectivity index (χ3n) is 2.88. The van der Waals surface area contributed by atoms with E-state index >= 15 is 0 Å². The van der Waals surface area contributed by atoms with Crippen LogP contribution >= 0.6 is 15.9 Å². The van der Waals surface area contributed by atoms with Crippen LogP contribution in [-0.4, -0.2) is 42.8 Å². The van der Waals surface area contributed by atoms with Crippen molar-refractivity contribution < 1.29 is 19.0 Å². The highest BCUT2D eigenvalue weighted by Crippen LogP contribution is 2.25. The summed E-state index contributed by atoms with van der Waals surface area (Å²) in [5, 5.41) is 0. The van der Waals surface area contributed by atoms with Gasteiger partial charge in [-0.15, -0.1) is 0 Å². The molecule has 1 fully saturated rings. The molecule has 1 saturated heterocycles. The van der Waals surface area contributed by atoms with Gasteiger partial charge in [0, 0.05) is 13.2 Å². The molecule has 0 amide bonds. The predicted molar refractivity (Wildman–Crippen MR) is 73.0 cm³/mol. The summed E-state index contributed by atoms with van der Waals surface area (Å²) in [6, 6.07) is 0. The van der Waals surface area contributed by atoms with Crippen molar-refractivity contribution in [1.29, 1.82) is 0 Å². The number of hydrogen-bond donors (Lipinski definition) is 0. The third kappa shape index (κ3) is 4.86. The first-order chi connectivity index (χ1) is 8.70. The van der Waals surface area contributed by atoms with Gasteiger partial charge in [0.25, 0.3) is 0 Å². The van der Waals surface area contributed by atoms with Gasteiger partial charge in [-0.1, -0.05) is 42.6 Å². The van der Waals surface area contributed by atoms with E-state index in [4.69, 9.17) is 14.2 Å². The summed E-state index contributed by atoms with van der Waals surface area (Å²) in [5.74, 6) is -0.249. The maximum absolute atomic E-state index is 11.5. The first-order valence-electron chi connectivity index (χ1n) is 6.74. The predicted octanol–water partition coefficient (Wildman–Crippen LogP) is 2.68. The van der Waals surface area contributed by atoms with E-state index in [1.165, 1.54) is 0 Å². The van der Waals surface area contributed by atoms with E-state index in [0.717, 1.165) is 25.7 Å². The molecule has 1 aliphatic heterocycles. The molecule has 0 saturated carbocycles. The van der Waals surface area contributed by atoms with Gasteiger partial charge in [-0.2, -0.15) is 0 Å². The number of rotatable bonds is 9. The fourth-order valence-electron chi connectivity index (χ4n) is 1.73. The van der Waals surface area contributed by atoms with Gasteiger partial charge in [0.15, 0.2) is 6.10 Å². The maximum atomic E-state index is 11.5. The molecule has 0 spiro atoms. The number of carbonyl (C=O) groups excluding carboxylic acids is 1. The van der Waals surface area contributed by atoms with Crippen LogP contribution in [0.2, 0.25) is 0 Å². The van der Waals surface area contributed by atoms with Crippen LogP contribution in [0.15, 0.2) is 0 Å². The average Bonchev–Trinajstić information content (AvgIpc) is 2.63.